The molecule has 0 bridgehead atoms. The van der Waals surface area contributed by atoms with Crippen molar-refractivity contribution in [2.45, 2.75) is 51.6 Å². The van der Waals surface area contributed by atoms with Gasteiger partial charge in [-0.05, 0) is 56.4 Å². The first kappa shape index (κ1) is 23.2. The molecule has 1 aromatic carbocycles. The number of aryl methyl sites for hydroxylation is 1. The molecule has 0 aromatic heterocycles. The Hall–Kier alpha value is -2.81. The van der Waals surface area contributed by atoms with Gasteiger partial charge in [0.25, 0.3) is 5.91 Å². The summed E-state index contributed by atoms with van der Waals surface area (Å²) in [7, 11) is 0. The highest BCUT2D eigenvalue weighted by atomic mass is 16.2. The molecule has 0 aliphatic carbocycles. The van der Waals surface area contributed by atoms with Crippen LogP contribution in [0.1, 0.15) is 49.0 Å². The fourth-order valence-electron chi connectivity index (χ4n) is 2.72. The van der Waals surface area contributed by atoms with Crippen LogP contribution in [0.25, 0.3) is 0 Å². The van der Waals surface area contributed by atoms with Crippen molar-refractivity contribution < 1.29 is 9.59 Å². The average molecular weight is 392 g/mol. The van der Waals surface area contributed by atoms with Gasteiger partial charge in [-0.25, -0.2) is 0 Å². The van der Waals surface area contributed by atoms with Crippen LogP contribution in [0.2, 0.25) is 0 Å². The summed E-state index contributed by atoms with van der Waals surface area (Å²) in [5.74, 6) is -0.474. The normalized spacial score (nSPS) is 12.7. The highest BCUT2D eigenvalue weighted by Gasteiger charge is 2.15. The van der Waals surface area contributed by atoms with E-state index in [1.54, 1.807) is 12.1 Å². The van der Waals surface area contributed by atoms with E-state index < -0.39 is 6.04 Å². The topological polar surface area (TPSA) is 172 Å². The third-order valence-corrected chi connectivity index (χ3v) is 4.35. The monoisotopic (exact) mass is 391 g/mol. The van der Waals surface area contributed by atoms with Crippen LogP contribution in [0.4, 0.5) is 5.69 Å². The Bertz CT molecular complexity index is 678. The number of benzene rings is 1. The zero-order chi connectivity index (χ0) is 21.1. The average Bonchev–Trinajstić information content (AvgIpc) is 2.64. The lowest BCUT2D eigenvalue weighted by Gasteiger charge is -2.17. The molecular formula is C19H33N7O2. The van der Waals surface area contributed by atoms with Crippen LogP contribution in [0.5, 0.6) is 0 Å². The highest BCUT2D eigenvalue weighted by Crippen LogP contribution is 2.14. The van der Waals surface area contributed by atoms with Crippen molar-refractivity contribution in [2.75, 3.05) is 18.8 Å². The third kappa shape index (κ3) is 8.26. The summed E-state index contributed by atoms with van der Waals surface area (Å²) in [6, 6.07) is 4.55. The van der Waals surface area contributed by atoms with Crippen molar-refractivity contribution in [3.05, 3.63) is 29.3 Å². The molecule has 2 amide bonds. The van der Waals surface area contributed by atoms with Crippen LogP contribution < -0.4 is 33.2 Å². The molecule has 1 rings (SSSR count). The molecule has 0 aliphatic rings. The number of hydrogen-bond acceptors (Lipinski definition) is 5. The molecule has 0 heterocycles. The predicted molar refractivity (Wildman–Crippen MR) is 112 cm³/mol. The van der Waals surface area contributed by atoms with Gasteiger partial charge in [-0.3, -0.25) is 15.0 Å². The Balaban J connectivity index is 2.34. The summed E-state index contributed by atoms with van der Waals surface area (Å²) < 4.78 is 0. The van der Waals surface area contributed by atoms with E-state index >= 15 is 0 Å². The van der Waals surface area contributed by atoms with E-state index in [2.05, 4.69) is 16.0 Å². The Morgan fingerprint density at radius 1 is 1.18 bits per heavy atom. The predicted octanol–water partition coefficient (Wildman–Crippen LogP) is 0.0464. The Morgan fingerprint density at radius 3 is 2.54 bits per heavy atom. The summed E-state index contributed by atoms with van der Waals surface area (Å²) in [6.45, 7) is 4.79. The van der Waals surface area contributed by atoms with Gasteiger partial charge in [0.05, 0.1) is 6.04 Å². The van der Waals surface area contributed by atoms with Gasteiger partial charge >= 0.3 is 0 Å². The molecule has 0 unspecified atom stereocenters. The smallest absolute Gasteiger partial charge is 0.251 e. The number of carbonyl (C=O) groups excluding carboxylic acids is 2. The molecule has 9 nitrogen and oxygen atoms in total. The quantitative estimate of drug-likeness (QED) is 0.121. The fourth-order valence-corrected chi connectivity index (χ4v) is 2.72. The van der Waals surface area contributed by atoms with Gasteiger partial charge in [0.1, 0.15) is 0 Å². The molecule has 0 aliphatic heterocycles. The zero-order valence-corrected chi connectivity index (χ0v) is 16.7. The SMILES string of the molecule is CCc1cc(N)ccc1C(=O)N[C@H](C)CCNC(=O)[C@@H](N)CCCNC(=N)N. The van der Waals surface area contributed by atoms with Gasteiger partial charge in [-0.15, -0.1) is 0 Å². The Morgan fingerprint density at radius 2 is 1.89 bits per heavy atom. The molecule has 1 aromatic rings. The van der Waals surface area contributed by atoms with Crippen molar-refractivity contribution in [2.24, 2.45) is 11.5 Å². The number of nitrogens with one attached hydrogen (secondary N) is 4. The van der Waals surface area contributed by atoms with Gasteiger partial charge in [0.2, 0.25) is 5.91 Å². The first-order valence-corrected chi connectivity index (χ1v) is 9.55. The zero-order valence-electron chi connectivity index (χ0n) is 16.7. The lowest BCUT2D eigenvalue weighted by Crippen LogP contribution is -2.43. The third-order valence-electron chi connectivity index (χ3n) is 4.35. The van der Waals surface area contributed by atoms with Crippen molar-refractivity contribution in [1.29, 1.82) is 5.41 Å². The van der Waals surface area contributed by atoms with Crippen molar-refractivity contribution in [3.63, 3.8) is 0 Å². The van der Waals surface area contributed by atoms with E-state index in [1.165, 1.54) is 0 Å². The molecule has 0 radical (unpaired) electrons. The van der Waals surface area contributed by atoms with E-state index in [1.807, 2.05) is 19.9 Å². The van der Waals surface area contributed by atoms with E-state index in [0.29, 0.717) is 43.6 Å². The molecule has 0 saturated heterocycles. The maximum Gasteiger partial charge on any atom is 0.251 e. The summed E-state index contributed by atoms with van der Waals surface area (Å²) in [5.41, 5.74) is 19.0. The van der Waals surface area contributed by atoms with Crippen LogP contribution in [0.3, 0.4) is 0 Å². The number of amides is 2. The van der Waals surface area contributed by atoms with Crippen molar-refractivity contribution in [3.8, 4) is 0 Å². The van der Waals surface area contributed by atoms with Crippen LogP contribution in [-0.4, -0.2) is 42.9 Å². The number of nitrogens with two attached hydrogens (primary N) is 3. The summed E-state index contributed by atoms with van der Waals surface area (Å²) in [4.78, 5) is 24.4. The second-order valence-corrected chi connectivity index (χ2v) is 6.81. The minimum atomic E-state index is -0.611. The van der Waals surface area contributed by atoms with Gasteiger partial charge < -0.3 is 33.2 Å². The van der Waals surface area contributed by atoms with Gasteiger partial charge in [0, 0.05) is 30.4 Å². The highest BCUT2D eigenvalue weighted by molar-refractivity contribution is 5.96. The van der Waals surface area contributed by atoms with Crippen LogP contribution in [-0.2, 0) is 11.2 Å². The number of hydrogen-bond donors (Lipinski definition) is 7. The van der Waals surface area contributed by atoms with E-state index in [9.17, 15) is 9.59 Å². The number of rotatable bonds is 11. The molecule has 156 valence electrons. The van der Waals surface area contributed by atoms with Gasteiger partial charge in [0.15, 0.2) is 5.96 Å². The first-order chi connectivity index (χ1) is 13.2. The lowest BCUT2D eigenvalue weighted by atomic mass is 10.0. The fraction of sp³-hybridized carbons (Fsp3) is 0.526. The Labute approximate surface area is 166 Å². The van der Waals surface area contributed by atoms with E-state index in [4.69, 9.17) is 22.6 Å². The standard InChI is InChI=1S/C19H33N7O2/c1-3-13-11-14(20)6-7-15(13)17(27)26-12(2)8-10-24-18(28)16(21)5-4-9-25-19(22)23/h6-7,11-12,16H,3-5,8-10,20-21H2,1-2H3,(H,24,28)(H,26,27)(H4,22,23,25)/t12-,16+/m1/s1. The second kappa shape index (κ2) is 11.8. The molecule has 2 atom stereocenters. The van der Waals surface area contributed by atoms with Crippen molar-refractivity contribution >= 4 is 23.5 Å². The summed E-state index contributed by atoms with van der Waals surface area (Å²) >= 11 is 0. The summed E-state index contributed by atoms with van der Waals surface area (Å²) in [5, 5.41) is 15.4. The molecule has 28 heavy (non-hydrogen) atoms. The molecule has 0 saturated carbocycles. The van der Waals surface area contributed by atoms with E-state index in [-0.39, 0.29) is 23.8 Å². The Kier molecular flexibility index (Phi) is 9.80. The number of anilines is 1. The first-order valence-electron chi connectivity index (χ1n) is 9.55. The second-order valence-electron chi connectivity index (χ2n) is 6.81. The van der Waals surface area contributed by atoms with Gasteiger partial charge in [-0.2, -0.15) is 0 Å². The largest absolute Gasteiger partial charge is 0.399 e. The maximum atomic E-state index is 12.5. The van der Waals surface area contributed by atoms with Gasteiger partial charge in [-0.1, -0.05) is 6.92 Å². The van der Waals surface area contributed by atoms with Crippen LogP contribution in [0, 0.1) is 5.41 Å². The minimum Gasteiger partial charge on any atom is -0.399 e. The molecular weight excluding hydrogens is 358 g/mol. The molecule has 10 N–H and O–H groups in total. The number of guanidine groups is 1. The summed E-state index contributed by atoms with van der Waals surface area (Å²) in [6.07, 6.45) is 2.45. The number of carbonyl (C=O) groups is 2. The minimum absolute atomic E-state index is 0.0981. The molecule has 0 spiro atoms. The molecule has 9 heteroatoms. The van der Waals surface area contributed by atoms with Crippen LogP contribution >= 0.6 is 0 Å². The lowest BCUT2D eigenvalue weighted by molar-refractivity contribution is -0.122. The molecule has 0 fully saturated rings. The maximum absolute atomic E-state index is 12.5. The number of nitrogen functional groups attached to an aromatic ring is 1. The van der Waals surface area contributed by atoms with Crippen molar-refractivity contribution in [1.82, 2.24) is 16.0 Å². The van der Waals surface area contributed by atoms with Crippen LogP contribution in [0.15, 0.2) is 18.2 Å². The van der Waals surface area contributed by atoms with E-state index in [0.717, 1.165) is 12.0 Å².